The van der Waals surface area contributed by atoms with Crippen LogP contribution in [-0.2, 0) is 0 Å². The highest BCUT2D eigenvalue weighted by Gasteiger charge is 2.62. The van der Waals surface area contributed by atoms with E-state index in [1.165, 1.54) is 5.57 Å². The lowest BCUT2D eigenvalue weighted by atomic mass is 9.43. The first-order chi connectivity index (χ1) is 11.3. The molecule has 0 aromatic heterocycles. The van der Waals surface area contributed by atoms with Gasteiger partial charge in [-0.15, -0.1) is 0 Å². The molecule has 0 aromatic rings. The zero-order valence-electron chi connectivity index (χ0n) is 15.4. The van der Waals surface area contributed by atoms with Crippen LogP contribution in [0.1, 0.15) is 59.3 Å². The molecule has 0 radical (unpaired) electrons. The Labute approximate surface area is 146 Å². The molecule has 0 unspecified atom stereocenters. The van der Waals surface area contributed by atoms with E-state index in [1.54, 1.807) is 0 Å². The molecule has 136 valence electrons. The molecule has 3 fully saturated rings. The van der Waals surface area contributed by atoms with Crippen LogP contribution in [0.25, 0.3) is 0 Å². The van der Waals surface area contributed by atoms with Crippen molar-refractivity contribution in [1.82, 2.24) is 0 Å². The Bertz CT molecular complexity index is 543. The van der Waals surface area contributed by atoms with Crippen LogP contribution in [0.4, 0.5) is 0 Å². The van der Waals surface area contributed by atoms with Gasteiger partial charge in [-0.2, -0.15) is 0 Å². The minimum Gasteiger partial charge on any atom is -0.395 e. The summed E-state index contributed by atoms with van der Waals surface area (Å²) in [5.74, 6) is 2.45. The normalized spacial score (nSPS) is 56.9. The molecule has 0 amide bonds. The SMILES string of the molecule is C[C@@H]1C=C2C[C@@H](O)C[C@H](C)[C@]2(CO)[C@H]2CC[C@]3(C)[C@@H](O)CC[C@H]3[C@H]12. The highest BCUT2D eigenvalue weighted by molar-refractivity contribution is 5.29. The molecule has 0 aromatic carbocycles. The van der Waals surface area contributed by atoms with Crippen LogP contribution >= 0.6 is 0 Å². The average molecular weight is 335 g/mol. The van der Waals surface area contributed by atoms with Crippen molar-refractivity contribution in [3.05, 3.63) is 11.6 Å². The molecule has 3 saturated carbocycles. The number of hydrogen-bond donors (Lipinski definition) is 3. The first-order valence-electron chi connectivity index (χ1n) is 10.0. The van der Waals surface area contributed by atoms with Crippen molar-refractivity contribution in [2.24, 2.45) is 40.4 Å². The van der Waals surface area contributed by atoms with Crippen molar-refractivity contribution in [2.45, 2.75) is 71.5 Å². The van der Waals surface area contributed by atoms with E-state index in [-0.39, 0.29) is 29.6 Å². The van der Waals surface area contributed by atoms with Gasteiger partial charge in [-0.3, -0.25) is 0 Å². The molecule has 4 rings (SSSR count). The third-order valence-corrected chi connectivity index (χ3v) is 8.84. The zero-order chi connectivity index (χ0) is 17.3. The fourth-order valence-corrected chi connectivity index (χ4v) is 7.59. The Kier molecular flexibility index (Phi) is 3.95. The molecule has 24 heavy (non-hydrogen) atoms. The second-order valence-corrected chi connectivity index (χ2v) is 9.67. The van der Waals surface area contributed by atoms with Crippen molar-refractivity contribution < 1.29 is 15.3 Å². The van der Waals surface area contributed by atoms with Crippen molar-refractivity contribution in [3.8, 4) is 0 Å². The molecule has 0 saturated heterocycles. The number of fused-ring (bicyclic) bond motifs is 5. The Morgan fingerprint density at radius 1 is 1.12 bits per heavy atom. The van der Waals surface area contributed by atoms with Crippen LogP contribution in [0, 0.1) is 40.4 Å². The van der Waals surface area contributed by atoms with Gasteiger partial charge in [0, 0.05) is 5.41 Å². The first kappa shape index (κ1) is 17.1. The molecule has 4 aliphatic carbocycles. The lowest BCUT2D eigenvalue weighted by molar-refractivity contribution is -0.119. The topological polar surface area (TPSA) is 60.7 Å². The van der Waals surface area contributed by atoms with Crippen LogP contribution in [0.15, 0.2) is 11.6 Å². The molecule has 3 heteroatoms. The summed E-state index contributed by atoms with van der Waals surface area (Å²) in [6.45, 7) is 7.08. The van der Waals surface area contributed by atoms with Gasteiger partial charge >= 0.3 is 0 Å². The lowest BCUT2D eigenvalue weighted by Crippen LogP contribution is -2.58. The average Bonchev–Trinajstić information content (AvgIpc) is 2.82. The third-order valence-electron chi connectivity index (χ3n) is 8.84. The maximum absolute atomic E-state index is 10.6. The standard InChI is InChI=1S/C21H34O3/c1-12-8-14-10-15(23)9-13(2)21(14,11-22)17-6-7-20(3)16(19(12)17)4-5-18(20)24/h8,12-13,15-19,22-24H,4-7,9-11H2,1-3H3/t12-,13+,15+,16+,17+,18+,19+,20+,21+/m1/s1. The first-order valence-corrected chi connectivity index (χ1v) is 10.0. The summed E-state index contributed by atoms with van der Waals surface area (Å²) in [6, 6.07) is 0. The summed E-state index contributed by atoms with van der Waals surface area (Å²) >= 11 is 0. The van der Waals surface area contributed by atoms with E-state index in [1.807, 2.05) is 0 Å². The molecule has 4 aliphatic rings. The van der Waals surface area contributed by atoms with Gasteiger partial charge in [0.1, 0.15) is 0 Å². The fourth-order valence-electron chi connectivity index (χ4n) is 7.59. The quantitative estimate of drug-likeness (QED) is 0.646. The largest absolute Gasteiger partial charge is 0.395 e. The minimum atomic E-state index is -0.253. The van der Waals surface area contributed by atoms with Gasteiger partial charge < -0.3 is 15.3 Å². The number of rotatable bonds is 1. The van der Waals surface area contributed by atoms with E-state index in [2.05, 4.69) is 26.8 Å². The summed E-state index contributed by atoms with van der Waals surface area (Å²) in [5.41, 5.74) is 1.26. The maximum Gasteiger partial charge on any atom is 0.0596 e. The highest BCUT2D eigenvalue weighted by Crippen LogP contribution is 2.66. The van der Waals surface area contributed by atoms with Crippen molar-refractivity contribution >= 4 is 0 Å². The Morgan fingerprint density at radius 3 is 2.58 bits per heavy atom. The molecular formula is C21H34O3. The molecule has 3 N–H and O–H groups in total. The second kappa shape index (κ2) is 5.56. The van der Waals surface area contributed by atoms with Crippen molar-refractivity contribution in [1.29, 1.82) is 0 Å². The Balaban J connectivity index is 1.79. The van der Waals surface area contributed by atoms with E-state index in [9.17, 15) is 15.3 Å². The predicted molar refractivity (Wildman–Crippen MR) is 94.2 cm³/mol. The van der Waals surface area contributed by atoms with E-state index >= 15 is 0 Å². The van der Waals surface area contributed by atoms with E-state index < -0.39 is 0 Å². The van der Waals surface area contributed by atoms with Crippen molar-refractivity contribution in [2.75, 3.05) is 6.61 Å². The summed E-state index contributed by atoms with van der Waals surface area (Å²) in [5, 5.41) is 31.4. The van der Waals surface area contributed by atoms with Gasteiger partial charge in [-0.05, 0) is 73.5 Å². The smallest absolute Gasteiger partial charge is 0.0596 e. The van der Waals surface area contributed by atoms with Crippen LogP contribution in [0.3, 0.4) is 0 Å². The van der Waals surface area contributed by atoms with Gasteiger partial charge in [0.25, 0.3) is 0 Å². The molecule has 3 nitrogen and oxygen atoms in total. The van der Waals surface area contributed by atoms with Gasteiger partial charge in [-0.1, -0.05) is 32.4 Å². The number of allylic oxidation sites excluding steroid dienone is 1. The van der Waals surface area contributed by atoms with E-state index in [0.717, 1.165) is 38.5 Å². The Hall–Kier alpha value is -0.380. The lowest BCUT2D eigenvalue weighted by Gasteiger charge is -2.61. The number of hydrogen-bond acceptors (Lipinski definition) is 3. The van der Waals surface area contributed by atoms with Crippen LogP contribution in [0.2, 0.25) is 0 Å². The molecular weight excluding hydrogens is 300 g/mol. The minimum absolute atomic E-state index is 0.0643. The zero-order valence-corrected chi connectivity index (χ0v) is 15.4. The molecule has 9 atom stereocenters. The van der Waals surface area contributed by atoms with Gasteiger partial charge in [0.15, 0.2) is 0 Å². The van der Waals surface area contributed by atoms with Crippen LogP contribution in [0.5, 0.6) is 0 Å². The maximum atomic E-state index is 10.6. The second-order valence-electron chi connectivity index (χ2n) is 9.67. The Morgan fingerprint density at radius 2 is 1.88 bits per heavy atom. The fraction of sp³-hybridized carbons (Fsp3) is 0.905. The third kappa shape index (κ3) is 2.01. The van der Waals surface area contributed by atoms with E-state index in [0.29, 0.717) is 29.6 Å². The van der Waals surface area contributed by atoms with Crippen molar-refractivity contribution in [3.63, 3.8) is 0 Å². The molecule has 0 aliphatic heterocycles. The van der Waals surface area contributed by atoms with Crippen LogP contribution in [-0.4, -0.2) is 34.1 Å². The van der Waals surface area contributed by atoms with Gasteiger partial charge in [0.2, 0.25) is 0 Å². The van der Waals surface area contributed by atoms with Gasteiger partial charge in [-0.25, -0.2) is 0 Å². The summed E-state index contributed by atoms with van der Waals surface area (Å²) in [4.78, 5) is 0. The summed E-state index contributed by atoms with van der Waals surface area (Å²) in [6.07, 6.45) is 7.79. The predicted octanol–water partition coefficient (Wildman–Crippen LogP) is 3.14. The number of aliphatic hydroxyl groups excluding tert-OH is 3. The number of aliphatic hydroxyl groups is 3. The van der Waals surface area contributed by atoms with Crippen LogP contribution < -0.4 is 0 Å². The highest BCUT2D eigenvalue weighted by atomic mass is 16.3. The molecule has 0 heterocycles. The monoisotopic (exact) mass is 334 g/mol. The summed E-state index contributed by atoms with van der Waals surface area (Å²) in [7, 11) is 0. The van der Waals surface area contributed by atoms with E-state index in [4.69, 9.17) is 0 Å². The summed E-state index contributed by atoms with van der Waals surface area (Å²) < 4.78 is 0. The van der Waals surface area contributed by atoms with Gasteiger partial charge in [0.05, 0.1) is 18.8 Å². The molecule has 0 bridgehead atoms. The molecule has 0 spiro atoms.